The van der Waals surface area contributed by atoms with Gasteiger partial charge in [-0.15, -0.1) is 0 Å². The number of rotatable bonds is 10. The molecule has 0 amide bonds. The van der Waals surface area contributed by atoms with E-state index in [-0.39, 0.29) is 23.2 Å². The van der Waals surface area contributed by atoms with E-state index in [9.17, 15) is 25.9 Å². The third kappa shape index (κ3) is 7.65. The fourth-order valence-corrected chi connectivity index (χ4v) is 7.17. The van der Waals surface area contributed by atoms with Crippen LogP contribution in [0.5, 0.6) is 0 Å². The van der Waals surface area contributed by atoms with Crippen molar-refractivity contribution in [2.45, 2.75) is 44.7 Å². The maximum Gasteiger partial charge on any atom is 0.331 e. The molecule has 4 aromatic rings. The minimum Gasteiger partial charge on any atom is -0.326 e. The summed E-state index contributed by atoms with van der Waals surface area (Å²) in [5.74, 6) is 0. The van der Waals surface area contributed by atoms with Gasteiger partial charge in [0.2, 0.25) is 0 Å². The van der Waals surface area contributed by atoms with Gasteiger partial charge in [-0.3, -0.25) is 9.11 Å². The van der Waals surface area contributed by atoms with Gasteiger partial charge in [-0.2, -0.15) is 16.8 Å². The minimum absolute atomic E-state index is 0.174. The number of nitrogens with two attached hydrogens (primary N) is 2. The molecule has 0 bridgehead atoms. The topological polar surface area (TPSA) is 161 Å². The Balaban J connectivity index is 1.63. The van der Waals surface area contributed by atoms with Crippen LogP contribution in [0.3, 0.4) is 0 Å². The van der Waals surface area contributed by atoms with Crippen molar-refractivity contribution >= 4 is 25.8 Å². The fraction of sp³-hybridized carbons (Fsp3) is 0.162. The number of allylic oxidation sites excluding steroid dienone is 3. The molecule has 5 rings (SSSR count). The molecule has 1 aliphatic carbocycles. The fourth-order valence-electron chi connectivity index (χ4n) is 5.91. The maximum atomic E-state index is 12.6. The molecule has 10 heteroatoms. The molecule has 242 valence electrons. The molecule has 0 aromatic heterocycles. The van der Waals surface area contributed by atoms with Gasteiger partial charge in [0.05, 0.1) is 10.5 Å². The number of aryl methyl sites for hydroxylation is 2. The van der Waals surface area contributed by atoms with Crippen LogP contribution in [-0.4, -0.2) is 25.9 Å². The van der Waals surface area contributed by atoms with Crippen molar-refractivity contribution in [1.29, 1.82) is 0 Å². The molecule has 0 heterocycles. The summed E-state index contributed by atoms with van der Waals surface area (Å²) in [5.41, 5.74) is 22.4. The highest BCUT2D eigenvalue weighted by atomic mass is 32.2. The lowest BCUT2D eigenvalue weighted by Crippen LogP contribution is -2.15. The predicted octanol–water partition coefficient (Wildman–Crippen LogP) is 6.00. The van der Waals surface area contributed by atoms with Crippen LogP contribution in [-0.2, 0) is 46.2 Å². The molecule has 0 radical (unpaired) electrons. The third-order valence-corrected chi connectivity index (χ3v) is 10.3. The first-order valence-electron chi connectivity index (χ1n) is 15.0. The van der Waals surface area contributed by atoms with Crippen LogP contribution in [0.25, 0.3) is 5.57 Å². The molecule has 0 saturated carbocycles. The van der Waals surface area contributed by atoms with E-state index in [0.717, 1.165) is 33.4 Å². The highest BCUT2D eigenvalue weighted by Crippen LogP contribution is 2.38. The van der Waals surface area contributed by atoms with Crippen LogP contribution in [0, 0.1) is 19.1 Å². The Labute approximate surface area is 276 Å². The normalized spacial score (nSPS) is 14.5. The molecule has 4 aromatic carbocycles. The predicted molar refractivity (Wildman–Crippen MR) is 186 cm³/mol. The number of hydrogen-bond donors (Lipinski definition) is 4. The van der Waals surface area contributed by atoms with Crippen molar-refractivity contribution in [2.75, 3.05) is 0 Å². The second-order valence-electron chi connectivity index (χ2n) is 11.6. The smallest absolute Gasteiger partial charge is 0.326 e. The SMILES string of the molecule is Cc1ccccc1Cc1ccc(C(=C2C=CC=C[C+]2S(=O)(=O)O)c2ccc(Cc3ccc(S(=O)(=O)O)cc3C)c(CN)c2)cc1CN. The van der Waals surface area contributed by atoms with Crippen LogP contribution in [0.4, 0.5) is 0 Å². The van der Waals surface area contributed by atoms with Gasteiger partial charge in [-0.1, -0.05) is 42.5 Å². The summed E-state index contributed by atoms with van der Waals surface area (Å²) >= 11 is 0. The molecule has 0 spiro atoms. The summed E-state index contributed by atoms with van der Waals surface area (Å²) in [7, 11) is -8.90. The van der Waals surface area contributed by atoms with Crippen LogP contribution in [0.2, 0.25) is 0 Å². The zero-order valence-electron chi connectivity index (χ0n) is 26.1. The first-order chi connectivity index (χ1) is 22.3. The minimum atomic E-state index is -4.58. The van der Waals surface area contributed by atoms with Crippen LogP contribution >= 0.6 is 0 Å². The van der Waals surface area contributed by atoms with Gasteiger partial charge in [-0.05, 0) is 108 Å². The first kappa shape index (κ1) is 34.1. The van der Waals surface area contributed by atoms with E-state index in [1.165, 1.54) is 29.3 Å². The molecule has 0 unspecified atom stereocenters. The lowest BCUT2D eigenvalue weighted by atomic mass is 9.85. The van der Waals surface area contributed by atoms with Gasteiger partial charge < -0.3 is 11.5 Å². The summed E-state index contributed by atoms with van der Waals surface area (Å²) in [4.78, 5) is -0.174. The Morgan fingerprint density at radius 3 is 1.72 bits per heavy atom. The maximum absolute atomic E-state index is 12.6. The van der Waals surface area contributed by atoms with Crippen molar-refractivity contribution in [3.05, 3.63) is 170 Å². The van der Waals surface area contributed by atoms with Gasteiger partial charge in [0, 0.05) is 48.5 Å². The van der Waals surface area contributed by atoms with Crippen molar-refractivity contribution in [1.82, 2.24) is 0 Å². The zero-order chi connectivity index (χ0) is 33.9. The molecule has 6 N–H and O–H groups in total. The van der Waals surface area contributed by atoms with Crippen LogP contribution in [0.15, 0.2) is 114 Å². The molecule has 0 atom stereocenters. The molecule has 0 aliphatic heterocycles. The highest BCUT2D eigenvalue weighted by Gasteiger charge is 2.36. The van der Waals surface area contributed by atoms with Crippen molar-refractivity contribution in [2.24, 2.45) is 11.5 Å². The van der Waals surface area contributed by atoms with Gasteiger partial charge >= 0.3 is 10.1 Å². The van der Waals surface area contributed by atoms with E-state index in [1.807, 2.05) is 48.5 Å². The Kier molecular flexibility index (Phi) is 10.0. The Morgan fingerprint density at radius 1 is 0.660 bits per heavy atom. The second kappa shape index (κ2) is 13.8. The monoisotopic (exact) mass is 669 g/mol. The Bertz CT molecular complexity index is 2150. The highest BCUT2D eigenvalue weighted by molar-refractivity contribution is 7.89. The average molecular weight is 670 g/mol. The van der Waals surface area contributed by atoms with Gasteiger partial charge in [0.25, 0.3) is 10.1 Å². The number of hydrogen-bond acceptors (Lipinski definition) is 6. The van der Waals surface area contributed by atoms with Gasteiger partial charge in [0.1, 0.15) is 5.57 Å². The summed E-state index contributed by atoms with van der Waals surface area (Å²) in [5, 5.41) is -0.221. The summed E-state index contributed by atoms with van der Waals surface area (Å²) < 4.78 is 68.0. The van der Waals surface area contributed by atoms with Crippen LogP contribution in [0.1, 0.15) is 55.6 Å². The van der Waals surface area contributed by atoms with Crippen molar-refractivity contribution in [3.8, 4) is 0 Å². The summed E-state index contributed by atoms with van der Waals surface area (Å²) in [6.07, 6.45) is 7.46. The van der Waals surface area contributed by atoms with E-state index in [2.05, 4.69) is 19.1 Å². The van der Waals surface area contributed by atoms with E-state index in [4.69, 9.17) is 11.5 Å². The van der Waals surface area contributed by atoms with Gasteiger partial charge in [-0.25, -0.2) is 0 Å². The molecule has 0 saturated heterocycles. The largest absolute Gasteiger partial charge is 0.331 e. The second-order valence-corrected chi connectivity index (χ2v) is 14.4. The zero-order valence-corrected chi connectivity index (χ0v) is 27.8. The Hall–Kier alpha value is -4.29. The molecular weight excluding hydrogens is 633 g/mol. The van der Waals surface area contributed by atoms with E-state index >= 15 is 0 Å². The van der Waals surface area contributed by atoms with Crippen molar-refractivity contribution in [3.63, 3.8) is 0 Å². The van der Waals surface area contributed by atoms with E-state index in [1.54, 1.807) is 31.2 Å². The Morgan fingerprint density at radius 2 is 1.21 bits per heavy atom. The standard InChI is InChI=1S/C37H36N2O6S2/c1-24-7-3-4-8-26(24)18-28-11-13-30(20-32(28)22-38)37(35-9-5-6-10-36(35)47(43,44)45)31-14-12-29(33(21-31)23-39)19-27-15-16-34(17-25(27)2)46(40,41)42/h3-17,20-21H,18-19,22-23,38-39H2,1-2H3,(H-,40,41,42,43,44,45)/p+1. The van der Waals surface area contributed by atoms with E-state index in [0.29, 0.717) is 35.1 Å². The van der Waals surface area contributed by atoms with Gasteiger partial charge in [0.15, 0.2) is 5.25 Å². The lowest BCUT2D eigenvalue weighted by Gasteiger charge is -2.18. The molecule has 1 aliphatic rings. The lowest BCUT2D eigenvalue weighted by molar-refractivity contribution is 0.482. The molecule has 47 heavy (non-hydrogen) atoms. The van der Waals surface area contributed by atoms with E-state index < -0.39 is 20.2 Å². The first-order valence-corrected chi connectivity index (χ1v) is 17.9. The quantitative estimate of drug-likeness (QED) is 0.118. The summed E-state index contributed by atoms with van der Waals surface area (Å²) in [6, 6.07) is 24.3. The molecule has 8 nitrogen and oxygen atoms in total. The number of benzene rings is 4. The molecular formula is C37H37N2O6S2+. The van der Waals surface area contributed by atoms with Crippen LogP contribution < -0.4 is 11.5 Å². The third-order valence-electron chi connectivity index (χ3n) is 8.50. The van der Waals surface area contributed by atoms with Crippen molar-refractivity contribution < 1.29 is 25.9 Å². The molecule has 0 fully saturated rings. The average Bonchev–Trinajstić information content (AvgIpc) is 3.03. The summed E-state index contributed by atoms with van der Waals surface area (Å²) in [6.45, 7) is 4.29.